The highest BCUT2D eigenvalue weighted by Crippen LogP contribution is 2.27. The zero-order valence-corrected chi connectivity index (χ0v) is 12.0. The van der Waals surface area contributed by atoms with Crippen LogP contribution in [0.2, 0.25) is 0 Å². The Hall–Kier alpha value is -0.910. The number of fused-ring (bicyclic) bond motifs is 1. The van der Waals surface area contributed by atoms with E-state index in [4.69, 9.17) is 0 Å². The van der Waals surface area contributed by atoms with E-state index in [9.17, 15) is 8.42 Å². The first-order valence-electron chi connectivity index (χ1n) is 6.93. The first kappa shape index (κ1) is 13.1. The van der Waals surface area contributed by atoms with E-state index in [1.165, 1.54) is 11.1 Å². The summed E-state index contributed by atoms with van der Waals surface area (Å²) < 4.78 is 27.0. The van der Waals surface area contributed by atoms with Gasteiger partial charge in [-0.3, -0.25) is 0 Å². The highest BCUT2D eigenvalue weighted by Gasteiger charge is 2.31. The largest absolute Gasteiger partial charge is 0.314 e. The fourth-order valence-electron chi connectivity index (χ4n) is 3.02. The zero-order chi connectivity index (χ0) is 13.5. The van der Waals surface area contributed by atoms with Gasteiger partial charge in [0.1, 0.15) is 0 Å². The van der Waals surface area contributed by atoms with Crippen LogP contribution in [0.3, 0.4) is 0 Å². The van der Waals surface area contributed by atoms with Crippen molar-refractivity contribution in [3.8, 4) is 0 Å². The predicted octanol–water partition coefficient (Wildman–Crippen LogP) is 1.16. The third-order valence-electron chi connectivity index (χ3n) is 4.12. The Balaban J connectivity index is 1.95. The molecule has 1 heterocycles. The van der Waals surface area contributed by atoms with Crippen molar-refractivity contribution in [1.82, 2.24) is 9.62 Å². The van der Waals surface area contributed by atoms with E-state index >= 15 is 0 Å². The molecular formula is C14H20N2O2S. The number of rotatable bonds is 2. The van der Waals surface area contributed by atoms with Gasteiger partial charge < -0.3 is 5.32 Å². The minimum atomic E-state index is -3.34. The van der Waals surface area contributed by atoms with E-state index in [1.807, 2.05) is 19.1 Å². The molecular weight excluding hydrogens is 260 g/mol. The van der Waals surface area contributed by atoms with E-state index in [2.05, 4.69) is 5.32 Å². The predicted molar refractivity (Wildman–Crippen MR) is 74.7 cm³/mol. The molecule has 1 aliphatic carbocycles. The van der Waals surface area contributed by atoms with Gasteiger partial charge in [0.05, 0.1) is 4.90 Å². The molecule has 0 amide bonds. The maximum Gasteiger partial charge on any atom is 0.243 e. The lowest BCUT2D eigenvalue weighted by atomic mass is 10.1. The molecule has 3 rings (SSSR count). The Kier molecular flexibility index (Phi) is 3.37. The third kappa shape index (κ3) is 2.30. The van der Waals surface area contributed by atoms with Gasteiger partial charge in [-0.15, -0.1) is 0 Å². The molecule has 1 atom stereocenters. The van der Waals surface area contributed by atoms with Crippen molar-refractivity contribution < 1.29 is 8.42 Å². The van der Waals surface area contributed by atoms with Gasteiger partial charge >= 0.3 is 0 Å². The van der Waals surface area contributed by atoms with Crippen LogP contribution in [0, 0.1) is 0 Å². The molecule has 1 unspecified atom stereocenters. The Bertz CT molecular complexity index is 583. The van der Waals surface area contributed by atoms with Gasteiger partial charge in [-0.25, -0.2) is 8.42 Å². The molecule has 1 fully saturated rings. The lowest BCUT2D eigenvalue weighted by Gasteiger charge is -2.32. The smallest absolute Gasteiger partial charge is 0.243 e. The normalized spacial score (nSPS) is 24.4. The Morgan fingerprint density at radius 2 is 2.05 bits per heavy atom. The molecule has 1 aromatic rings. The van der Waals surface area contributed by atoms with Crippen LogP contribution in [0.15, 0.2) is 23.1 Å². The minimum absolute atomic E-state index is 0.0204. The molecule has 0 spiro atoms. The summed E-state index contributed by atoms with van der Waals surface area (Å²) in [5.41, 5.74) is 2.52. The number of nitrogens with one attached hydrogen (secondary N) is 1. The summed E-state index contributed by atoms with van der Waals surface area (Å²) in [6.07, 6.45) is 3.23. The van der Waals surface area contributed by atoms with Crippen LogP contribution in [0.1, 0.15) is 24.5 Å². The fraction of sp³-hybridized carbons (Fsp3) is 0.571. The second kappa shape index (κ2) is 4.89. The number of benzene rings is 1. The summed E-state index contributed by atoms with van der Waals surface area (Å²) in [6, 6.07) is 5.66. The Labute approximate surface area is 114 Å². The van der Waals surface area contributed by atoms with E-state index in [-0.39, 0.29) is 6.04 Å². The van der Waals surface area contributed by atoms with Crippen molar-refractivity contribution >= 4 is 10.0 Å². The van der Waals surface area contributed by atoms with Crippen molar-refractivity contribution in [2.45, 2.75) is 37.1 Å². The molecule has 1 aliphatic heterocycles. The molecule has 2 aliphatic rings. The number of hydrogen-bond donors (Lipinski definition) is 1. The van der Waals surface area contributed by atoms with E-state index in [0.717, 1.165) is 32.4 Å². The lowest BCUT2D eigenvalue weighted by Crippen LogP contribution is -2.52. The molecule has 1 N–H and O–H groups in total. The average Bonchev–Trinajstić information content (AvgIpc) is 2.86. The molecule has 4 nitrogen and oxygen atoms in total. The van der Waals surface area contributed by atoms with Crippen LogP contribution in [0.4, 0.5) is 0 Å². The Morgan fingerprint density at radius 3 is 2.84 bits per heavy atom. The quantitative estimate of drug-likeness (QED) is 0.884. The van der Waals surface area contributed by atoms with Crippen molar-refractivity contribution in [2.24, 2.45) is 0 Å². The monoisotopic (exact) mass is 280 g/mol. The minimum Gasteiger partial charge on any atom is -0.314 e. The molecule has 1 aromatic carbocycles. The summed E-state index contributed by atoms with van der Waals surface area (Å²) in [5.74, 6) is 0. The van der Waals surface area contributed by atoms with Gasteiger partial charge in [-0.05, 0) is 49.4 Å². The molecule has 19 heavy (non-hydrogen) atoms. The first-order valence-corrected chi connectivity index (χ1v) is 8.37. The Morgan fingerprint density at radius 1 is 1.26 bits per heavy atom. The third-order valence-corrected chi connectivity index (χ3v) is 6.13. The van der Waals surface area contributed by atoms with Gasteiger partial charge in [0, 0.05) is 25.7 Å². The number of piperazine rings is 1. The molecule has 0 radical (unpaired) electrons. The van der Waals surface area contributed by atoms with Crippen molar-refractivity contribution in [3.63, 3.8) is 0 Å². The van der Waals surface area contributed by atoms with Crippen molar-refractivity contribution in [3.05, 3.63) is 29.3 Å². The fourth-order valence-corrected chi connectivity index (χ4v) is 4.71. The first-order chi connectivity index (χ1) is 9.09. The highest BCUT2D eigenvalue weighted by molar-refractivity contribution is 7.89. The standard InChI is InChI=1S/C14H20N2O2S/c1-11-10-15-7-8-16(11)19(17,18)14-6-5-12-3-2-4-13(12)9-14/h5-6,9,11,15H,2-4,7-8,10H2,1H3. The number of hydrogen-bond acceptors (Lipinski definition) is 3. The lowest BCUT2D eigenvalue weighted by molar-refractivity contribution is 0.284. The van der Waals surface area contributed by atoms with Crippen LogP contribution in [-0.2, 0) is 22.9 Å². The van der Waals surface area contributed by atoms with Gasteiger partial charge in [0.15, 0.2) is 0 Å². The topological polar surface area (TPSA) is 49.4 Å². The number of aryl methyl sites for hydroxylation is 2. The summed E-state index contributed by atoms with van der Waals surface area (Å²) in [6.45, 7) is 3.97. The maximum atomic E-state index is 12.7. The summed E-state index contributed by atoms with van der Waals surface area (Å²) in [5, 5.41) is 3.22. The van der Waals surface area contributed by atoms with E-state index in [0.29, 0.717) is 11.4 Å². The average molecular weight is 280 g/mol. The molecule has 0 aromatic heterocycles. The van der Waals surface area contributed by atoms with Crippen molar-refractivity contribution in [2.75, 3.05) is 19.6 Å². The maximum absolute atomic E-state index is 12.7. The van der Waals surface area contributed by atoms with Gasteiger partial charge in [-0.2, -0.15) is 4.31 Å². The molecule has 104 valence electrons. The molecule has 0 bridgehead atoms. The summed E-state index contributed by atoms with van der Waals surface area (Å²) >= 11 is 0. The van der Waals surface area contributed by atoms with Crippen LogP contribution in [0.5, 0.6) is 0 Å². The second-order valence-corrected chi connectivity index (χ2v) is 7.34. The van der Waals surface area contributed by atoms with Crippen LogP contribution >= 0.6 is 0 Å². The van der Waals surface area contributed by atoms with E-state index in [1.54, 1.807) is 10.4 Å². The zero-order valence-electron chi connectivity index (χ0n) is 11.2. The van der Waals surface area contributed by atoms with Gasteiger partial charge in [-0.1, -0.05) is 6.07 Å². The highest BCUT2D eigenvalue weighted by atomic mass is 32.2. The number of nitrogens with zero attached hydrogens (tertiary/aromatic N) is 1. The van der Waals surface area contributed by atoms with E-state index < -0.39 is 10.0 Å². The summed E-state index contributed by atoms with van der Waals surface area (Å²) in [7, 11) is -3.34. The van der Waals surface area contributed by atoms with Gasteiger partial charge in [0.25, 0.3) is 0 Å². The summed E-state index contributed by atoms with van der Waals surface area (Å²) in [4.78, 5) is 0.460. The SMILES string of the molecule is CC1CNCCN1S(=O)(=O)c1ccc2c(c1)CCC2. The van der Waals surface area contributed by atoms with Crippen molar-refractivity contribution in [1.29, 1.82) is 0 Å². The molecule has 1 saturated heterocycles. The second-order valence-electron chi connectivity index (χ2n) is 5.45. The number of sulfonamides is 1. The van der Waals surface area contributed by atoms with Crippen LogP contribution in [-0.4, -0.2) is 38.4 Å². The molecule has 5 heteroatoms. The molecule has 0 saturated carbocycles. The van der Waals surface area contributed by atoms with Crippen LogP contribution in [0.25, 0.3) is 0 Å². The van der Waals surface area contributed by atoms with Gasteiger partial charge in [0.2, 0.25) is 10.0 Å². The van der Waals surface area contributed by atoms with Crippen LogP contribution < -0.4 is 5.32 Å².